The van der Waals surface area contributed by atoms with Crippen LogP contribution < -0.4 is 4.90 Å². The summed E-state index contributed by atoms with van der Waals surface area (Å²) in [4.78, 5) is 28.5. The van der Waals surface area contributed by atoms with Crippen molar-refractivity contribution in [2.75, 3.05) is 31.1 Å². The lowest BCUT2D eigenvalue weighted by molar-refractivity contribution is 0.0748. The highest BCUT2D eigenvalue weighted by Gasteiger charge is 2.24. The highest BCUT2D eigenvalue weighted by atomic mass is 16.2. The number of nitrogens with zero attached hydrogens (tertiary/aromatic N) is 4. The normalized spacial score (nSPS) is 15.1. The lowest BCUT2D eigenvalue weighted by atomic mass is 10.1. The molecule has 4 rings (SSSR count). The van der Waals surface area contributed by atoms with E-state index >= 15 is 0 Å². The van der Waals surface area contributed by atoms with E-state index in [0.29, 0.717) is 13.1 Å². The molecule has 3 heterocycles. The molecule has 3 aromatic rings. The summed E-state index contributed by atoms with van der Waals surface area (Å²) >= 11 is 0. The number of aromatic amines is 1. The van der Waals surface area contributed by atoms with Crippen molar-refractivity contribution in [3.63, 3.8) is 0 Å². The number of hydrogen-bond donors (Lipinski definition) is 1. The predicted octanol–water partition coefficient (Wildman–Crippen LogP) is 1.92. The highest BCUT2D eigenvalue weighted by Crippen LogP contribution is 2.20. The Balaban J connectivity index is 1.49. The molecular weight excluding hydrogens is 290 g/mol. The number of nitrogens with one attached hydrogen (secondary N) is 1. The summed E-state index contributed by atoms with van der Waals surface area (Å²) in [5.41, 5.74) is 1.73. The monoisotopic (exact) mass is 307 g/mol. The van der Waals surface area contributed by atoms with Crippen LogP contribution in [0, 0.1) is 0 Å². The van der Waals surface area contributed by atoms with Crippen molar-refractivity contribution < 1.29 is 4.79 Å². The molecule has 1 aliphatic heterocycles. The van der Waals surface area contributed by atoms with E-state index in [-0.39, 0.29) is 5.91 Å². The van der Waals surface area contributed by atoms with Gasteiger partial charge in [-0.05, 0) is 12.1 Å². The lowest BCUT2D eigenvalue weighted by Crippen LogP contribution is -2.49. The largest absolute Gasteiger partial charge is 0.360 e. The first-order valence-corrected chi connectivity index (χ1v) is 7.70. The predicted molar refractivity (Wildman–Crippen MR) is 88.4 cm³/mol. The number of carbonyl (C=O) groups excluding carboxylic acids is 1. The molecule has 0 spiro atoms. The van der Waals surface area contributed by atoms with E-state index in [1.165, 1.54) is 0 Å². The number of rotatable bonds is 2. The molecule has 0 bridgehead atoms. The van der Waals surface area contributed by atoms with Crippen molar-refractivity contribution in [3.8, 4) is 0 Å². The Morgan fingerprint density at radius 2 is 1.74 bits per heavy atom. The van der Waals surface area contributed by atoms with E-state index in [9.17, 15) is 4.79 Å². The quantitative estimate of drug-likeness (QED) is 0.785. The highest BCUT2D eigenvalue weighted by molar-refractivity contribution is 6.06. The molecule has 1 amide bonds. The summed E-state index contributed by atoms with van der Waals surface area (Å²) in [5, 5.41) is 0.978. The third kappa shape index (κ3) is 2.52. The second-order valence-corrected chi connectivity index (χ2v) is 5.58. The molecular formula is C17H17N5O. The Kier molecular flexibility index (Phi) is 3.42. The summed E-state index contributed by atoms with van der Waals surface area (Å²) in [5.74, 6) is 0.808. The van der Waals surface area contributed by atoms with E-state index in [1.807, 2.05) is 29.2 Å². The number of para-hydroxylation sites is 1. The van der Waals surface area contributed by atoms with Gasteiger partial charge < -0.3 is 14.8 Å². The molecule has 6 nitrogen and oxygen atoms in total. The number of aromatic nitrogens is 3. The minimum atomic E-state index is 0.0797. The van der Waals surface area contributed by atoms with Crippen molar-refractivity contribution in [1.29, 1.82) is 0 Å². The Bertz CT molecular complexity index is 821. The van der Waals surface area contributed by atoms with Crippen molar-refractivity contribution >= 4 is 22.8 Å². The standard InChI is InChI=1S/C17H17N5O/c23-16(14-12-20-15-5-2-1-4-13(14)15)21-8-10-22(11-9-21)17-18-6-3-7-19-17/h1-7,12,20H,8-11H2. The first-order chi connectivity index (χ1) is 11.3. The van der Waals surface area contributed by atoms with Gasteiger partial charge >= 0.3 is 0 Å². The average Bonchev–Trinajstić information content (AvgIpc) is 3.06. The van der Waals surface area contributed by atoms with Crippen LogP contribution in [0.5, 0.6) is 0 Å². The molecule has 1 aromatic carbocycles. The molecule has 2 aromatic heterocycles. The molecule has 6 heteroatoms. The second kappa shape index (κ2) is 5.72. The fourth-order valence-corrected chi connectivity index (χ4v) is 2.98. The number of anilines is 1. The number of fused-ring (bicyclic) bond motifs is 1. The fourth-order valence-electron chi connectivity index (χ4n) is 2.98. The second-order valence-electron chi connectivity index (χ2n) is 5.58. The maximum atomic E-state index is 12.8. The summed E-state index contributed by atoms with van der Waals surface area (Å²) in [6, 6.07) is 9.69. The first kappa shape index (κ1) is 13.8. The van der Waals surface area contributed by atoms with Crippen molar-refractivity contribution in [2.24, 2.45) is 0 Å². The minimum Gasteiger partial charge on any atom is -0.360 e. The molecule has 0 unspecified atom stereocenters. The molecule has 23 heavy (non-hydrogen) atoms. The van der Waals surface area contributed by atoms with Gasteiger partial charge in [0.15, 0.2) is 0 Å². The summed E-state index contributed by atoms with van der Waals surface area (Å²) in [6.07, 6.45) is 5.29. The van der Waals surface area contributed by atoms with Crippen molar-refractivity contribution in [3.05, 3.63) is 54.5 Å². The van der Waals surface area contributed by atoms with Crippen LogP contribution in [0.25, 0.3) is 10.9 Å². The fraction of sp³-hybridized carbons (Fsp3) is 0.235. The van der Waals surface area contributed by atoms with Gasteiger partial charge in [-0.1, -0.05) is 18.2 Å². The smallest absolute Gasteiger partial charge is 0.256 e. The zero-order valence-electron chi connectivity index (χ0n) is 12.6. The van der Waals surface area contributed by atoms with Crippen LogP contribution in [-0.2, 0) is 0 Å². The number of hydrogen-bond acceptors (Lipinski definition) is 4. The third-order valence-corrected chi connectivity index (χ3v) is 4.22. The van der Waals surface area contributed by atoms with Gasteiger partial charge in [0.05, 0.1) is 5.56 Å². The van der Waals surface area contributed by atoms with Crippen molar-refractivity contribution in [2.45, 2.75) is 0 Å². The molecule has 1 N–H and O–H groups in total. The Morgan fingerprint density at radius 3 is 2.52 bits per heavy atom. The number of carbonyl (C=O) groups is 1. The van der Waals surface area contributed by atoms with Crippen LogP contribution in [-0.4, -0.2) is 51.9 Å². The van der Waals surface area contributed by atoms with Gasteiger partial charge in [0.2, 0.25) is 5.95 Å². The number of amides is 1. The van der Waals surface area contributed by atoms with Gasteiger partial charge in [0, 0.05) is 55.7 Å². The Morgan fingerprint density at radius 1 is 1.00 bits per heavy atom. The van der Waals surface area contributed by atoms with Gasteiger partial charge in [0.1, 0.15) is 0 Å². The molecule has 0 saturated carbocycles. The molecule has 1 saturated heterocycles. The SMILES string of the molecule is O=C(c1c[nH]c2ccccc12)N1CCN(c2ncccn2)CC1. The van der Waals surface area contributed by atoms with Crippen molar-refractivity contribution in [1.82, 2.24) is 19.9 Å². The first-order valence-electron chi connectivity index (χ1n) is 7.70. The molecule has 0 aliphatic carbocycles. The summed E-state index contributed by atoms with van der Waals surface area (Å²) in [6.45, 7) is 2.85. The Hall–Kier alpha value is -2.89. The van der Waals surface area contributed by atoms with Crippen LogP contribution >= 0.6 is 0 Å². The number of H-pyrrole nitrogens is 1. The van der Waals surface area contributed by atoms with Gasteiger partial charge in [-0.2, -0.15) is 0 Å². The molecule has 0 radical (unpaired) electrons. The summed E-state index contributed by atoms with van der Waals surface area (Å²) < 4.78 is 0. The van der Waals surface area contributed by atoms with E-state index in [1.54, 1.807) is 24.7 Å². The third-order valence-electron chi connectivity index (χ3n) is 4.22. The summed E-state index contributed by atoms with van der Waals surface area (Å²) in [7, 11) is 0. The molecule has 0 atom stereocenters. The maximum Gasteiger partial charge on any atom is 0.256 e. The molecule has 116 valence electrons. The average molecular weight is 307 g/mol. The van der Waals surface area contributed by atoms with Crippen LogP contribution in [0.3, 0.4) is 0 Å². The maximum absolute atomic E-state index is 12.8. The van der Waals surface area contributed by atoms with Crippen LogP contribution in [0.15, 0.2) is 48.9 Å². The van der Waals surface area contributed by atoms with E-state index in [0.717, 1.165) is 35.5 Å². The number of piperazine rings is 1. The number of benzene rings is 1. The molecule has 1 fully saturated rings. The minimum absolute atomic E-state index is 0.0797. The zero-order valence-corrected chi connectivity index (χ0v) is 12.6. The van der Waals surface area contributed by atoms with E-state index < -0.39 is 0 Å². The van der Waals surface area contributed by atoms with Gasteiger partial charge in [-0.25, -0.2) is 9.97 Å². The van der Waals surface area contributed by atoms with Gasteiger partial charge in [-0.15, -0.1) is 0 Å². The lowest BCUT2D eigenvalue weighted by Gasteiger charge is -2.34. The Labute approximate surface area is 133 Å². The zero-order chi connectivity index (χ0) is 15.6. The van der Waals surface area contributed by atoms with Gasteiger partial charge in [0.25, 0.3) is 5.91 Å². The van der Waals surface area contributed by atoms with Crippen LogP contribution in [0.1, 0.15) is 10.4 Å². The van der Waals surface area contributed by atoms with Crippen LogP contribution in [0.4, 0.5) is 5.95 Å². The van der Waals surface area contributed by atoms with Crippen LogP contribution in [0.2, 0.25) is 0 Å². The van der Waals surface area contributed by atoms with Gasteiger partial charge in [-0.3, -0.25) is 4.79 Å². The van der Waals surface area contributed by atoms with E-state index in [4.69, 9.17) is 0 Å². The molecule has 1 aliphatic rings. The van der Waals surface area contributed by atoms with E-state index in [2.05, 4.69) is 19.9 Å². The topological polar surface area (TPSA) is 65.1 Å².